The van der Waals surface area contributed by atoms with Crippen LogP contribution < -0.4 is 10.2 Å². The Bertz CT molecular complexity index is 506. The van der Waals surface area contributed by atoms with Gasteiger partial charge in [0.2, 0.25) is 5.91 Å². The zero-order valence-corrected chi connectivity index (χ0v) is 13.0. The van der Waals surface area contributed by atoms with Gasteiger partial charge in [0, 0.05) is 44.8 Å². The maximum absolute atomic E-state index is 13.6. The van der Waals surface area contributed by atoms with Gasteiger partial charge < -0.3 is 15.1 Å². The number of carbonyl (C=O) groups excluding carboxylic acids is 1. The number of hydrogen-bond acceptors (Lipinski definition) is 3. The highest BCUT2D eigenvalue weighted by atomic mass is 19.1. The minimum absolute atomic E-state index is 0.0860. The van der Waals surface area contributed by atoms with Crippen LogP contribution in [0.3, 0.4) is 0 Å². The lowest BCUT2D eigenvalue weighted by molar-refractivity contribution is -0.128. The number of nitrogens with one attached hydrogen (secondary N) is 1. The topological polar surface area (TPSA) is 35.6 Å². The minimum Gasteiger partial charge on any atom is -0.369 e. The van der Waals surface area contributed by atoms with Gasteiger partial charge in [-0.3, -0.25) is 4.79 Å². The van der Waals surface area contributed by atoms with Crippen LogP contribution in [0.2, 0.25) is 0 Å². The molecule has 4 nitrogen and oxygen atoms in total. The SMILES string of the molecule is CNC(C)c1cc(F)ccc1N1CCCN(C(C)=O)CC1. The summed E-state index contributed by atoms with van der Waals surface area (Å²) in [5, 5.41) is 3.17. The monoisotopic (exact) mass is 293 g/mol. The normalized spacial score (nSPS) is 17.5. The molecule has 1 atom stereocenters. The van der Waals surface area contributed by atoms with Gasteiger partial charge in [-0.05, 0) is 44.2 Å². The first-order valence-corrected chi connectivity index (χ1v) is 7.50. The minimum atomic E-state index is -0.212. The number of rotatable bonds is 3. The predicted octanol–water partition coefficient (Wildman–Crippen LogP) is 2.16. The van der Waals surface area contributed by atoms with Gasteiger partial charge in [0.05, 0.1) is 0 Å². The molecule has 1 fully saturated rings. The zero-order valence-electron chi connectivity index (χ0n) is 13.0. The molecule has 1 aromatic carbocycles. The van der Waals surface area contributed by atoms with E-state index < -0.39 is 0 Å². The van der Waals surface area contributed by atoms with Crippen molar-refractivity contribution in [3.63, 3.8) is 0 Å². The maximum atomic E-state index is 13.6. The van der Waals surface area contributed by atoms with Crippen molar-refractivity contribution in [2.75, 3.05) is 38.1 Å². The molecule has 0 aliphatic carbocycles. The molecule has 1 unspecified atom stereocenters. The molecule has 1 aliphatic rings. The first-order chi connectivity index (χ1) is 10.0. The van der Waals surface area contributed by atoms with Crippen molar-refractivity contribution in [2.45, 2.75) is 26.3 Å². The summed E-state index contributed by atoms with van der Waals surface area (Å²) in [6.07, 6.45) is 0.935. The first kappa shape index (κ1) is 15.8. The van der Waals surface area contributed by atoms with E-state index in [0.29, 0.717) is 0 Å². The average Bonchev–Trinajstić information content (AvgIpc) is 2.72. The third-order valence-electron chi connectivity index (χ3n) is 4.17. The van der Waals surface area contributed by atoms with Gasteiger partial charge in [-0.25, -0.2) is 4.39 Å². The zero-order chi connectivity index (χ0) is 15.4. The van der Waals surface area contributed by atoms with E-state index in [1.807, 2.05) is 24.9 Å². The fourth-order valence-electron chi connectivity index (χ4n) is 2.79. The second-order valence-electron chi connectivity index (χ2n) is 5.56. The maximum Gasteiger partial charge on any atom is 0.219 e. The van der Waals surface area contributed by atoms with Crippen molar-refractivity contribution >= 4 is 11.6 Å². The van der Waals surface area contributed by atoms with Crippen molar-refractivity contribution in [2.24, 2.45) is 0 Å². The quantitative estimate of drug-likeness (QED) is 0.927. The number of nitrogens with zero attached hydrogens (tertiary/aromatic N) is 2. The highest BCUT2D eigenvalue weighted by Gasteiger charge is 2.20. The summed E-state index contributed by atoms with van der Waals surface area (Å²) in [5.74, 6) is -0.0872. The van der Waals surface area contributed by atoms with Crippen molar-refractivity contribution < 1.29 is 9.18 Å². The molecule has 1 saturated heterocycles. The molecule has 0 spiro atoms. The molecule has 1 N–H and O–H groups in total. The Morgan fingerprint density at radius 1 is 1.29 bits per heavy atom. The molecule has 1 aromatic rings. The summed E-state index contributed by atoms with van der Waals surface area (Å²) >= 11 is 0. The summed E-state index contributed by atoms with van der Waals surface area (Å²) in [4.78, 5) is 15.6. The van der Waals surface area contributed by atoms with E-state index in [2.05, 4.69) is 10.2 Å². The van der Waals surface area contributed by atoms with Gasteiger partial charge in [-0.15, -0.1) is 0 Å². The fraction of sp³-hybridized carbons (Fsp3) is 0.562. The molecule has 0 radical (unpaired) electrons. The largest absolute Gasteiger partial charge is 0.369 e. The van der Waals surface area contributed by atoms with Crippen molar-refractivity contribution in [3.8, 4) is 0 Å². The number of benzene rings is 1. The molecule has 2 rings (SSSR count). The third kappa shape index (κ3) is 3.73. The van der Waals surface area contributed by atoms with Crippen LogP contribution in [0, 0.1) is 5.82 Å². The number of amides is 1. The van der Waals surface area contributed by atoms with Gasteiger partial charge in [-0.2, -0.15) is 0 Å². The number of carbonyl (C=O) groups is 1. The summed E-state index contributed by atoms with van der Waals surface area (Å²) in [6, 6.07) is 5.05. The number of hydrogen-bond donors (Lipinski definition) is 1. The molecular formula is C16H24FN3O. The van der Waals surface area contributed by atoms with Gasteiger partial charge in [0.25, 0.3) is 0 Å². The molecular weight excluding hydrogens is 269 g/mol. The van der Waals surface area contributed by atoms with Gasteiger partial charge >= 0.3 is 0 Å². The van der Waals surface area contributed by atoms with E-state index in [1.54, 1.807) is 13.0 Å². The highest BCUT2D eigenvalue weighted by Crippen LogP contribution is 2.28. The number of halogens is 1. The molecule has 116 valence electrons. The third-order valence-corrected chi connectivity index (χ3v) is 4.17. The Morgan fingerprint density at radius 3 is 2.71 bits per heavy atom. The molecule has 1 amide bonds. The Morgan fingerprint density at radius 2 is 2.05 bits per heavy atom. The molecule has 0 saturated carbocycles. The Balaban J connectivity index is 2.23. The van der Waals surface area contributed by atoms with Gasteiger partial charge in [0.1, 0.15) is 5.82 Å². The summed E-state index contributed by atoms with van der Waals surface area (Å²) in [5.41, 5.74) is 2.03. The lowest BCUT2D eigenvalue weighted by atomic mass is 10.0. The first-order valence-electron chi connectivity index (χ1n) is 7.50. The summed E-state index contributed by atoms with van der Waals surface area (Å²) in [7, 11) is 1.87. The van der Waals surface area contributed by atoms with Crippen molar-refractivity contribution in [1.82, 2.24) is 10.2 Å². The Labute approximate surface area is 125 Å². The van der Waals surface area contributed by atoms with Crippen LogP contribution in [-0.2, 0) is 4.79 Å². The average molecular weight is 293 g/mol. The van der Waals surface area contributed by atoms with Gasteiger partial charge in [-0.1, -0.05) is 0 Å². The van der Waals surface area contributed by atoms with E-state index in [1.165, 1.54) is 6.07 Å². The lowest BCUT2D eigenvalue weighted by Gasteiger charge is -2.27. The molecule has 5 heteroatoms. The Hall–Kier alpha value is -1.62. The summed E-state index contributed by atoms with van der Waals surface area (Å²) in [6.45, 7) is 6.83. The van der Waals surface area contributed by atoms with E-state index in [-0.39, 0.29) is 17.8 Å². The van der Waals surface area contributed by atoms with Crippen LogP contribution >= 0.6 is 0 Å². The second kappa shape index (κ2) is 6.89. The molecule has 0 bridgehead atoms. The molecule has 1 aliphatic heterocycles. The molecule has 0 aromatic heterocycles. The van der Waals surface area contributed by atoms with Crippen LogP contribution in [0.1, 0.15) is 31.9 Å². The van der Waals surface area contributed by atoms with Crippen molar-refractivity contribution in [3.05, 3.63) is 29.6 Å². The van der Waals surface area contributed by atoms with Crippen LogP contribution in [0.4, 0.5) is 10.1 Å². The lowest BCUT2D eigenvalue weighted by Crippen LogP contribution is -2.34. The Kier molecular flexibility index (Phi) is 5.17. The standard InChI is InChI=1S/C16H24FN3O/c1-12(18-3)15-11-14(17)5-6-16(15)20-8-4-7-19(9-10-20)13(2)21/h5-6,11-12,18H,4,7-10H2,1-3H3. The van der Waals surface area contributed by atoms with Crippen LogP contribution in [0.15, 0.2) is 18.2 Å². The highest BCUT2D eigenvalue weighted by molar-refractivity contribution is 5.73. The van der Waals surface area contributed by atoms with E-state index in [9.17, 15) is 9.18 Å². The smallest absolute Gasteiger partial charge is 0.219 e. The fourth-order valence-corrected chi connectivity index (χ4v) is 2.79. The molecule has 1 heterocycles. The molecule has 21 heavy (non-hydrogen) atoms. The van der Waals surface area contributed by atoms with E-state index >= 15 is 0 Å². The second-order valence-corrected chi connectivity index (χ2v) is 5.56. The van der Waals surface area contributed by atoms with E-state index in [0.717, 1.165) is 43.9 Å². The van der Waals surface area contributed by atoms with Crippen LogP contribution in [0.25, 0.3) is 0 Å². The van der Waals surface area contributed by atoms with Crippen molar-refractivity contribution in [1.29, 1.82) is 0 Å². The predicted molar refractivity (Wildman–Crippen MR) is 83.0 cm³/mol. The van der Waals surface area contributed by atoms with E-state index in [4.69, 9.17) is 0 Å². The summed E-state index contributed by atoms with van der Waals surface area (Å²) < 4.78 is 13.6. The van der Waals surface area contributed by atoms with Crippen LogP contribution in [-0.4, -0.2) is 44.0 Å². The van der Waals surface area contributed by atoms with Gasteiger partial charge in [0.15, 0.2) is 0 Å². The number of anilines is 1. The van der Waals surface area contributed by atoms with Crippen LogP contribution in [0.5, 0.6) is 0 Å².